The Morgan fingerprint density at radius 1 is 1.13 bits per heavy atom. The van der Waals surface area contributed by atoms with E-state index in [1.807, 2.05) is 18.3 Å². The molecule has 0 bridgehead atoms. The lowest BCUT2D eigenvalue weighted by molar-refractivity contribution is -0.119. The van der Waals surface area contributed by atoms with Gasteiger partial charge >= 0.3 is 0 Å². The van der Waals surface area contributed by atoms with Crippen molar-refractivity contribution in [1.82, 2.24) is 15.2 Å². The minimum absolute atomic E-state index is 0.0392. The summed E-state index contributed by atoms with van der Waals surface area (Å²) < 4.78 is 5.62. The van der Waals surface area contributed by atoms with Gasteiger partial charge in [0.15, 0.2) is 0 Å². The van der Waals surface area contributed by atoms with E-state index in [2.05, 4.69) is 63.7 Å². The lowest BCUT2D eigenvalue weighted by Crippen LogP contribution is -2.24. The van der Waals surface area contributed by atoms with E-state index >= 15 is 0 Å². The lowest BCUT2D eigenvalue weighted by atomic mass is 9.97. The first kappa shape index (κ1) is 21.1. The molecule has 3 aromatic rings. The molecule has 1 fully saturated rings. The smallest absolute Gasteiger partial charge is 0.217 e. The zero-order valence-corrected chi connectivity index (χ0v) is 18.2. The third-order valence-electron chi connectivity index (χ3n) is 5.90. The molecule has 1 unspecified atom stereocenters. The van der Waals surface area contributed by atoms with Gasteiger partial charge in [0.1, 0.15) is 5.75 Å². The molecule has 4 rings (SSSR count). The summed E-state index contributed by atoms with van der Waals surface area (Å²) in [6, 6.07) is 21.4. The number of ether oxygens (including phenoxy) is 1. The number of rotatable bonds is 7. The Balaban J connectivity index is 1.58. The summed E-state index contributed by atoms with van der Waals surface area (Å²) in [7, 11) is 1.72. The van der Waals surface area contributed by atoms with Crippen molar-refractivity contribution in [2.45, 2.75) is 38.9 Å². The van der Waals surface area contributed by atoms with Crippen LogP contribution in [-0.4, -0.2) is 29.4 Å². The fourth-order valence-corrected chi connectivity index (χ4v) is 4.42. The molecule has 2 aromatic carbocycles. The van der Waals surface area contributed by atoms with Crippen molar-refractivity contribution in [1.29, 1.82) is 0 Å². The first-order valence-corrected chi connectivity index (χ1v) is 10.8. The van der Waals surface area contributed by atoms with Crippen molar-refractivity contribution >= 4 is 5.91 Å². The average molecular weight is 416 g/mol. The van der Waals surface area contributed by atoms with Crippen LogP contribution < -0.4 is 10.1 Å². The Kier molecular flexibility index (Phi) is 6.63. The summed E-state index contributed by atoms with van der Waals surface area (Å²) in [5.41, 5.74) is 5.80. The van der Waals surface area contributed by atoms with Crippen LogP contribution in [0.25, 0.3) is 11.1 Å². The third kappa shape index (κ3) is 4.94. The first-order chi connectivity index (χ1) is 15.2. The van der Waals surface area contributed by atoms with Crippen LogP contribution in [-0.2, 0) is 17.9 Å². The standard InChI is InChI=1S/C26H29N3O2/c1-19(30)28-17-22-16-20(13-14-27-22)25-11-7-15-29(25)18-21-8-3-4-9-23(21)24-10-5-6-12-26(24)31-2/h3-6,8-10,12-14,16,25H,7,11,15,17-18H2,1-2H3,(H,28,30). The van der Waals surface area contributed by atoms with Crippen molar-refractivity contribution < 1.29 is 9.53 Å². The Morgan fingerprint density at radius 3 is 2.71 bits per heavy atom. The second kappa shape index (κ2) is 9.75. The second-order valence-electron chi connectivity index (χ2n) is 7.98. The number of carbonyl (C=O) groups excluding carboxylic acids is 1. The van der Waals surface area contributed by atoms with Crippen LogP contribution in [0.3, 0.4) is 0 Å². The van der Waals surface area contributed by atoms with Crippen molar-refractivity contribution in [3.63, 3.8) is 0 Å². The molecule has 0 radical (unpaired) electrons. The molecule has 1 N–H and O–H groups in total. The second-order valence-corrected chi connectivity index (χ2v) is 7.98. The minimum Gasteiger partial charge on any atom is -0.496 e. The molecular formula is C26H29N3O2. The van der Waals surface area contributed by atoms with Crippen LogP contribution in [0.15, 0.2) is 66.9 Å². The van der Waals surface area contributed by atoms with Gasteiger partial charge in [-0.05, 0) is 54.3 Å². The minimum atomic E-state index is -0.0392. The van der Waals surface area contributed by atoms with E-state index in [4.69, 9.17) is 4.74 Å². The molecule has 0 aliphatic carbocycles. The van der Waals surface area contributed by atoms with E-state index in [9.17, 15) is 4.79 Å². The highest BCUT2D eigenvalue weighted by atomic mass is 16.5. The molecule has 1 aromatic heterocycles. The maximum Gasteiger partial charge on any atom is 0.217 e. The quantitative estimate of drug-likeness (QED) is 0.606. The number of hydrogen-bond donors (Lipinski definition) is 1. The Bertz CT molecular complexity index is 1050. The normalized spacial score (nSPS) is 16.3. The fourth-order valence-electron chi connectivity index (χ4n) is 4.42. The van der Waals surface area contributed by atoms with E-state index in [0.29, 0.717) is 12.6 Å². The highest BCUT2D eigenvalue weighted by Gasteiger charge is 2.27. The number of methoxy groups -OCH3 is 1. The van der Waals surface area contributed by atoms with E-state index in [1.165, 1.54) is 30.0 Å². The van der Waals surface area contributed by atoms with Crippen molar-refractivity contribution in [3.05, 3.63) is 83.7 Å². The predicted octanol–water partition coefficient (Wildman–Crippen LogP) is 4.73. The number of nitrogens with zero attached hydrogens (tertiary/aromatic N) is 2. The molecule has 1 atom stereocenters. The van der Waals surface area contributed by atoms with Crippen LogP contribution >= 0.6 is 0 Å². The van der Waals surface area contributed by atoms with Crippen LogP contribution in [0.1, 0.15) is 42.6 Å². The van der Waals surface area contributed by atoms with Gasteiger partial charge in [0.2, 0.25) is 5.91 Å². The molecule has 1 aliphatic heterocycles. The molecule has 2 heterocycles. The van der Waals surface area contributed by atoms with Gasteiger partial charge in [-0.25, -0.2) is 0 Å². The molecule has 1 amide bonds. The van der Waals surface area contributed by atoms with Crippen molar-refractivity contribution in [2.75, 3.05) is 13.7 Å². The number of likely N-dealkylation sites (tertiary alicyclic amines) is 1. The fraction of sp³-hybridized carbons (Fsp3) is 0.308. The molecule has 160 valence electrons. The summed E-state index contributed by atoms with van der Waals surface area (Å²) in [4.78, 5) is 18.2. The SMILES string of the molecule is COc1ccccc1-c1ccccc1CN1CCCC1c1ccnc(CNC(C)=O)c1. The van der Waals surface area contributed by atoms with Gasteiger partial charge in [0.05, 0.1) is 19.3 Å². The van der Waals surface area contributed by atoms with Crippen LogP contribution in [0.5, 0.6) is 5.75 Å². The van der Waals surface area contributed by atoms with E-state index in [-0.39, 0.29) is 5.91 Å². The Hall–Kier alpha value is -3.18. The molecule has 1 aliphatic rings. The Labute approximate surface area is 184 Å². The summed E-state index contributed by atoms with van der Waals surface area (Å²) in [5.74, 6) is 0.854. The van der Waals surface area contributed by atoms with Crippen molar-refractivity contribution in [2.24, 2.45) is 0 Å². The number of carbonyl (C=O) groups is 1. The van der Waals surface area contributed by atoms with E-state index < -0.39 is 0 Å². The van der Waals surface area contributed by atoms with Gasteiger partial charge in [0.25, 0.3) is 0 Å². The van der Waals surface area contributed by atoms with Crippen LogP contribution in [0.2, 0.25) is 0 Å². The van der Waals surface area contributed by atoms with Gasteiger partial charge in [-0.1, -0.05) is 42.5 Å². The van der Waals surface area contributed by atoms with E-state index in [1.54, 1.807) is 7.11 Å². The molecule has 0 spiro atoms. The summed E-state index contributed by atoms with van der Waals surface area (Å²) in [5, 5.41) is 2.84. The van der Waals surface area contributed by atoms with Crippen molar-refractivity contribution in [3.8, 4) is 16.9 Å². The number of para-hydroxylation sites is 1. The van der Waals surface area contributed by atoms with E-state index in [0.717, 1.165) is 36.5 Å². The van der Waals surface area contributed by atoms with Gasteiger partial charge in [-0.2, -0.15) is 0 Å². The maximum atomic E-state index is 11.3. The number of hydrogen-bond acceptors (Lipinski definition) is 4. The monoisotopic (exact) mass is 415 g/mol. The highest BCUT2D eigenvalue weighted by Crippen LogP contribution is 2.37. The summed E-state index contributed by atoms with van der Waals surface area (Å²) in [6.45, 7) is 3.94. The summed E-state index contributed by atoms with van der Waals surface area (Å²) >= 11 is 0. The zero-order valence-electron chi connectivity index (χ0n) is 18.2. The van der Waals surface area contributed by atoms with Gasteiger partial charge in [-0.15, -0.1) is 0 Å². The lowest BCUT2D eigenvalue weighted by Gasteiger charge is -2.26. The predicted molar refractivity (Wildman–Crippen MR) is 123 cm³/mol. The van der Waals surface area contributed by atoms with Crippen LogP contribution in [0.4, 0.5) is 0 Å². The summed E-state index contributed by atoms with van der Waals surface area (Å²) in [6.07, 6.45) is 4.15. The number of pyridine rings is 1. The highest BCUT2D eigenvalue weighted by molar-refractivity contribution is 5.73. The van der Waals surface area contributed by atoms with Gasteiger partial charge < -0.3 is 10.1 Å². The Morgan fingerprint density at radius 2 is 1.90 bits per heavy atom. The molecule has 0 saturated carbocycles. The van der Waals surface area contributed by atoms with Gasteiger partial charge in [0, 0.05) is 31.3 Å². The number of amides is 1. The molecule has 31 heavy (non-hydrogen) atoms. The largest absolute Gasteiger partial charge is 0.496 e. The zero-order chi connectivity index (χ0) is 21.6. The first-order valence-electron chi connectivity index (χ1n) is 10.8. The topological polar surface area (TPSA) is 54.5 Å². The number of aromatic nitrogens is 1. The molecule has 1 saturated heterocycles. The number of nitrogens with one attached hydrogen (secondary N) is 1. The molecular weight excluding hydrogens is 386 g/mol. The molecule has 5 heteroatoms. The van der Waals surface area contributed by atoms with Gasteiger partial charge in [-0.3, -0.25) is 14.7 Å². The average Bonchev–Trinajstić information content (AvgIpc) is 3.26. The molecule has 5 nitrogen and oxygen atoms in total. The maximum absolute atomic E-state index is 11.3. The number of benzene rings is 2. The third-order valence-corrected chi connectivity index (χ3v) is 5.90. The van der Waals surface area contributed by atoms with Crippen LogP contribution in [0, 0.1) is 0 Å².